The molecule has 3 N–H and O–H groups in total. The van der Waals surface area contributed by atoms with Gasteiger partial charge in [0, 0.05) is 51.1 Å². The summed E-state index contributed by atoms with van der Waals surface area (Å²) < 4.78 is 16.0. The number of likely N-dealkylation sites (tertiary alicyclic amines) is 1. The Kier molecular flexibility index (Phi) is 12.8. The molecule has 0 aromatic heterocycles. The molecule has 0 aromatic rings. The first kappa shape index (κ1) is 34.8. The van der Waals surface area contributed by atoms with Gasteiger partial charge in [0.2, 0.25) is 18.1 Å². The molecule has 2 rings (SSSR count). The Labute approximate surface area is 251 Å². The predicted octanol–water partition coefficient (Wildman–Crippen LogP) is 1.97. The molecule has 0 aromatic carbocycles. The zero-order valence-electron chi connectivity index (χ0n) is 25.4. The van der Waals surface area contributed by atoms with Crippen LogP contribution in [0, 0.1) is 0 Å². The number of rotatable bonds is 13. The summed E-state index contributed by atoms with van der Waals surface area (Å²) in [5.41, 5.74) is -0.576. The Hall–Kier alpha value is -4.36. The van der Waals surface area contributed by atoms with Crippen LogP contribution in [-0.4, -0.2) is 94.8 Å². The lowest BCUT2D eigenvalue weighted by Crippen LogP contribution is -2.52. The molecule has 1 saturated heterocycles. The van der Waals surface area contributed by atoms with Crippen LogP contribution in [0.15, 0.2) is 35.8 Å². The minimum Gasteiger partial charge on any atom is -0.481 e. The van der Waals surface area contributed by atoms with Gasteiger partial charge < -0.3 is 39.8 Å². The first-order chi connectivity index (χ1) is 20.2. The molecule has 43 heavy (non-hydrogen) atoms. The third-order valence-corrected chi connectivity index (χ3v) is 6.67. The highest BCUT2D eigenvalue weighted by atomic mass is 16.7. The van der Waals surface area contributed by atoms with E-state index in [2.05, 4.69) is 17.2 Å². The summed E-state index contributed by atoms with van der Waals surface area (Å²) in [6, 6.07) is -0.401. The number of hydrogen-bond acceptors (Lipinski definition) is 9. The van der Waals surface area contributed by atoms with Gasteiger partial charge in [0.05, 0.1) is 18.5 Å². The molecule has 2 aliphatic rings. The second-order valence-corrected chi connectivity index (χ2v) is 10.6. The maximum Gasteiger partial charge on any atom is 0.412 e. The first-order valence-electron chi connectivity index (χ1n) is 14.2. The molecule has 1 unspecified atom stereocenters. The van der Waals surface area contributed by atoms with Gasteiger partial charge in [0.25, 0.3) is 5.91 Å². The third-order valence-electron chi connectivity index (χ3n) is 6.67. The summed E-state index contributed by atoms with van der Waals surface area (Å²) >= 11 is 0. The molecule has 4 amide bonds. The number of carboxylic acids is 1. The Morgan fingerprint density at radius 2 is 1.91 bits per heavy atom. The van der Waals surface area contributed by atoms with Crippen molar-refractivity contribution in [2.45, 2.75) is 84.7 Å². The van der Waals surface area contributed by atoms with Crippen LogP contribution in [0.4, 0.5) is 4.79 Å². The molecule has 0 radical (unpaired) electrons. The topological polar surface area (TPSA) is 181 Å². The van der Waals surface area contributed by atoms with Crippen molar-refractivity contribution in [3.05, 3.63) is 35.8 Å². The van der Waals surface area contributed by atoms with E-state index in [0.29, 0.717) is 37.3 Å². The van der Waals surface area contributed by atoms with E-state index in [1.807, 2.05) is 0 Å². The van der Waals surface area contributed by atoms with Crippen molar-refractivity contribution in [3.63, 3.8) is 0 Å². The highest BCUT2D eigenvalue weighted by molar-refractivity contribution is 5.94. The number of hydrogen-bond donors (Lipinski definition) is 3. The van der Waals surface area contributed by atoms with E-state index in [9.17, 15) is 28.8 Å². The van der Waals surface area contributed by atoms with Gasteiger partial charge in [-0.3, -0.25) is 24.0 Å². The van der Waals surface area contributed by atoms with Crippen molar-refractivity contribution in [3.8, 4) is 0 Å². The molecule has 14 heteroatoms. The molecule has 238 valence electrons. The minimum absolute atomic E-state index is 0.150. The Bertz CT molecular complexity index is 1180. The van der Waals surface area contributed by atoms with Crippen LogP contribution in [0.1, 0.15) is 66.7 Å². The molecule has 14 nitrogen and oxygen atoms in total. The van der Waals surface area contributed by atoms with Crippen molar-refractivity contribution in [1.82, 2.24) is 20.4 Å². The SMILES string of the molecule is C=CC1=C(/C=C(\C)C(=O)N[C@@H]2CCCN(C(=O)OC(C)OC(=O)CCC(=O)O)C2)N(CCNC(=O)CC)C(=O)C(C)(C)O1. The molecule has 0 aliphatic carbocycles. The van der Waals surface area contributed by atoms with E-state index in [4.69, 9.17) is 19.3 Å². The normalized spacial score (nSPS) is 19.1. The van der Waals surface area contributed by atoms with Crippen LogP contribution in [0.5, 0.6) is 0 Å². The smallest absolute Gasteiger partial charge is 0.412 e. The van der Waals surface area contributed by atoms with Crippen molar-refractivity contribution in [1.29, 1.82) is 0 Å². The second-order valence-electron chi connectivity index (χ2n) is 10.6. The largest absolute Gasteiger partial charge is 0.481 e. The summed E-state index contributed by atoms with van der Waals surface area (Å²) in [6.45, 7) is 12.6. The van der Waals surface area contributed by atoms with Crippen LogP contribution >= 0.6 is 0 Å². The quantitative estimate of drug-likeness (QED) is 0.159. The Balaban J connectivity index is 2.07. The van der Waals surface area contributed by atoms with Crippen molar-refractivity contribution >= 4 is 35.8 Å². The standard InChI is InChI=1S/C29H42N4O10/c1-7-22-21(33(15-13-30-23(34)8-2)27(39)29(5,6)43-22)16-18(3)26(38)31-20-10-9-14-32(17-20)28(40)42-19(4)41-25(37)12-11-24(35)36/h7,16,19-20H,1,8-15,17H2,2-6H3,(H,30,34)(H,31,38)(H,35,36)/b18-16+/t19?,20-/m1/s1. The summed E-state index contributed by atoms with van der Waals surface area (Å²) in [7, 11) is 0. The number of nitrogens with zero attached hydrogens (tertiary/aromatic N) is 2. The highest BCUT2D eigenvalue weighted by Crippen LogP contribution is 2.31. The highest BCUT2D eigenvalue weighted by Gasteiger charge is 2.41. The van der Waals surface area contributed by atoms with Gasteiger partial charge in [-0.15, -0.1) is 0 Å². The molecular weight excluding hydrogens is 564 g/mol. The maximum atomic E-state index is 13.2. The van der Waals surface area contributed by atoms with Crippen LogP contribution in [0.25, 0.3) is 0 Å². The molecular formula is C29H42N4O10. The van der Waals surface area contributed by atoms with Crippen LogP contribution in [0.3, 0.4) is 0 Å². The molecule has 0 saturated carbocycles. The average Bonchev–Trinajstić information content (AvgIpc) is 2.95. The van der Waals surface area contributed by atoms with E-state index in [0.717, 1.165) is 0 Å². The monoisotopic (exact) mass is 606 g/mol. The van der Waals surface area contributed by atoms with Crippen molar-refractivity contribution < 1.29 is 48.1 Å². The van der Waals surface area contributed by atoms with E-state index in [1.165, 1.54) is 28.9 Å². The Morgan fingerprint density at radius 1 is 1.21 bits per heavy atom. The van der Waals surface area contributed by atoms with E-state index in [-0.39, 0.29) is 43.4 Å². The number of carbonyl (C=O) groups excluding carboxylic acids is 5. The molecule has 1 fully saturated rings. The lowest BCUT2D eigenvalue weighted by atomic mass is 10.0. The van der Waals surface area contributed by atoms with E-state index < -0.39 is 48.3 Å². The van der Waals surface area contributed by atoms with Gasteiger partial charge in [0.15, 0.2) is 5.60 Å². The zero-order valence-corrected chi connectivity index (χ0v) is 25.4. The van der Waals surface area contributed by atoms with Gasteiger partial charge in [-0.25, -0.2) is 4.79 Å². The lowest BCUT2D eigenvalue weighted by molar-refractivity contribution is -0.167. The number of nitrogens with one attached hydrogen (secondary N) is 2. The van der Waals surface area contributed by atoms with Crippen molar-refractivity contribution in [2.75, 3.05) is 26.2 Å². The number of ether oxygens (including phenoxy) is 3. The summed E-state index contributed by atoms with van der Waals surface area (Å²) in [5, 5.41) is 14.3. The minimum atomic E-state index is -1.22. The summed E-state index contributed by atoms with van der Waals surface area (Å²) in [4.78, 5) is 75.9. The maximum absolute atomic E-state index is 13.2. The number of carboxylic acid groups (broad SMARTS) is 1. The van der Waals surface area contributed by atoms with Crippen LogP contribution in [0.2, 0.25) is 0 Å². The zero-order chi connectivity index (χ0) is 32.3. The fourth-order valence-corrected chi connectivity index (χ4v) is 4.41. The molecule has 0 bridgehead atoms. The lowest BCUT2D eigenvalue weighted by Gasteiger charge is -2.39. The molecule has 2 aliphatic heterocycles. The molecule has 0 spiro atoms. The number of esters is 1. The van der Waals surface area contributed by atoms with Gasteiger partial charge in [-0.1, -0.05) is 13.5 Å². The Morgan fingerprint density at radius 3 is 2.53 bits per heavy atom. The third kappa shape index (κ3) is 10.5. The molecule has 2 atom stereocenters. The fourth-order valence-electron chi connectivity index (χ4n) is 4.41. The van der Waals surface area contributed by atoms with Crippen LogP contribution in [-0.2, 0) is 38.2 Å². The second kappa shape index (κ2) is 15.8. The average molecular weight is 607 g/mol. The van der Waals surface area contributed by atoms with Crippen LogP contribution < -0.4 is 10.6 Å². The van der Waals surface area contributed by atoms with Crippen molar-refractivity contribution in [2.24, 2.45) is 0 Å². The van der Waals surface area contributed by atoms with E-state index in [1.54, 1.807) is 27.7 Å². The first-order valence-corrected chi connectivity index (χ1v) is 14.2. The molecule has 2 heterocycles. The number of carbonyl (C=O) groups is 6. The van der Waals surface area contributed by atoms with Gasteiger partial charge >= 0.3 is 18.0 Å². The van der Waals surface area contributed by atoms with Gasteiger partial charge in [-0.05, 0) is 45.8 Å². The number of amides is 4. The van der Waals surface area contributed by atoms with Gasteiger partial charge in [-0.2, -0.15) is 0 Å². The summed E-state index contributed by atoms with van der Waals surface area (Å²) in [6.07, 6.45) is 1.76. The summed E-state index contributed by atoms with van der Waals surface area (Å²) in [5.74, 6) is -2.56. The number of aliphatic carboxylic acids is 1. The van der Waals surface area contributed by atoms with Gasteiger partial charge in [0.1, 0.15) is 5.76 Å². The predicted molar refractivity (Wildman–Crippen MR) is 153 cm³/mol. The fraction of sp³-hybridized carbons (Fsp3) is 0.586. The number of allylic oxidation sites excluding steroid dienone is 2. The van der Waals surface area contributed by atoms with E-state index >= 15 is 0 Å². The number of piperidine rings is 1.